The molecule has 6 nitrogen and oxygen atoms in total. The van der Waals surface area contributed by atoms with E-state index < -0.39 is 12.1 Å². The fourth-order valence-corrected chi connectivity index (χ4v) is 3.59. The summed E-state index contributed by atoms with van der Waals surface area (Å²) >= 11 is 0. The number of benzene rings is 2. The molecule has 27 heavy (non-hydrogen) atoms. The lowest BCUT2D eigenvalue weighted by Crippen LogP contribution is -2.35. The first-order valence-corrected chi connectivity index (χ1v) is 9.15. The van der Waals surface area contributed by atoms with E-state index >= 15 is 0 Å². The van der Waals surface area contributed by atoms with Crippen molar-refractivity contribution in [2.75, 3.05) is 19.6 Å². The van der Waals surface area contributed by atoms with E-state index in [0.29, 0.717) is 28.4 Å². The van der Waals surface area contributed by atoms with Crippen LogP contribution in [0.5, 0.6) is 0 Å². The maximum absolute atomic E-state index is 12.9. The fourth-order valence-electron chi connectivity index (χ4n) is 3.59. The maximum Gasteiger partial charge on any atom is 0.337 e. The summed E-state index contributed by atoms with van der Waals surface area (Å²) < 4.78 is 1.77. The number of fused-ring (bicyclic) bond motifs is 2. The molecule has 0 spiro atoms. The van der Waals surface area contributed by atoms with Crippen molar-refractivity contribution < 1.29 is 15.0 Å². The third kappa shape index (κ3) is 3.59. The molecule has 0 amide bonds. The van der Waals surface area contributed by atoms with Crippen molar-refractivity contribution in [3.63, 3.8) is 0 Å². The van der Waals surface area contributed by atoms with Crippen molar-refractivity contribution in [3.8, 4) is 0 Å². The molecule has 6 heteroatoms. The molecule has 2 aromatic carbocycles. The van der Waals surface area contributed by atoms with Gasteiger partial charge < -0.3 is 19.7 Å². The van der Waals surface area contributed by atoms with Crippen molar-refractivity contribution in [1.29, 1.82) is 0 Å². The van der Waals surface area contributed by atoms with Crippen LogP contribution in [-0.4, -0.2) is 51.4 Å². The van der Waals surface area contributed by atoms with Gasteiger partial charge in [-0.3, -0.25) is 4.79 Å². The van der Waals surface area contributed by atoms with Gasteiger partial charge in [0.25, 0.3) is 0 Å². The van der Waals surface area contributed by atoms with Crippen LogP contribution in [0.3, 0.4) is 0 Å². The number of carbonyl (C=O) groups is 1. The number of pyridine rings is 1. The Labute approximate surface area is 157 Å². The third-order valence-electron chi connectivity index (χ3n) is 4.98. The molecule has 1 unspecified atom stereocenters. The fraction of sp³-hybridized carbons (Fsp3) is 0.333. The Morgan fingerprint density at radius 3 is 2.41 bits per heavy atom. The van der Waals surface area contributed by atoms with Gasteiger partial charge in [0.2, 0.25) is 0 Å². The van der Waals surface area contributed by atoms with E-state index in [2.05, 4.69) is 4.90 Å². The molecule has 0 bridgehead atoms. The number of likely N-dealkylation sites (N-methyl/N-ethyl adjacent to an activating group) is 1. The van der Waals surface area contributed by atoms with Crippen LogP contribution in [0.4, 0.5) is 0 Å². The predicted molar refractivity (Wildman–Crippen MR) is 106 cm³/mol. The van der Waals surface area contributed by atoms with E-state index in [-0.39, 0.29) is 17.5 Å². The summed E-state index contributed by atoms with van der Waals surface area (Å²) in [4.78, 5) is 26.8. The molecule has 0 fully saturated rings. The number of rotatable bonds is 7. The minimum atomic E-state index is -1.10. The monoisotopic (exact) mass is 368 g/mol. The smallest absolute Gasteiger partial charge is 0.337 e. The third-order valence-corrected chi connectivity index (χ3v) is 4.98. The number of carboxylic acid groups (broad SMARTS) is 1. The first-order chi connectivity index (χ1) is 13.0. The van der Waals surface area contributed by atoms with Gasteiger partial charge in [0.1, 0.15) is 0 Å². The normalized spacial score (nSPS) is 12.7. The zero-order valence-corrected chi connectivity index (χ0v) is 15.6. The van der Waals surface area contributed by atoms with Crippen LogP contribution < -0.4 is 5.43 Å². The molecular formula is C21H24N2O4. The Balaban J connectivity index is 2.26. The number of aliphatic hydroxyl groups excluding tert-OH is 1. The summed E-state index contributed by atoms with van der Waals surface area (Å²) in [6.07, 6.45) is -0.694. The Morgan fingerprint density at radius 1 is 1.07 bits per heavy atom. The van der Waals surface area contributed by atoms with Crippen LogP contribution in [0.2, 0.25) is 0 Å². The second-order valence-electron chi connectivity index (χ2n) is 6.60. The average Bonchev–Trinajstić information content (AvgIpc) is 2.68. The van der Waals surface area contributed by atoms with Crippen LogP contribution in [0.1, 0.15) is 24.2 Å². The summed E-state index contributed by atoms with van der Waals surface area (Å²) in [6.45, 7) is 6.38. The van der Waals surface area contributed by atoms with Gasteiger partial charge in [-0.1, -0.05) is 32.0 Å². The number of hydrogen-bond donors (Lipinski definition) is 2. The minimum absolute atomic E-state index is 0.0605. The number of para-hydroxylation sites is 2. The summed E-state index contributed by atoms with van der Waals surface area (Å²) in [5.74, 6) is -1.10. The van der Waals surface area contributed by atoms with E-state index in [9.17, 15) is 19.8 Å². The molecular weight excluding hydrogens is 344 g/mol. The van der Waals surface area contributed by atoms with Crippen molar-refractivity contribution in [1.82, 2.24) is 9.47 Å². The number of nitrogens with zero attached hydrogens (tertiary/aromatic N) is 2. The predicted octanol–water partition coefficient (Wildman–Crippen LogP) is 2.56. The highest BCUT2D eigenvalue weighted by atomic mass is 16.4. The second-order valence-corrected chi connectivity index (χ2v) is 6.60. The van der Waals surface area contributed by atoms with E-state index in [1.54, 1.807) is 34.9 Å². The van der Waals surface area contributed by atoms with Gasteiger partial charge in [0.15, 0.2) is 5.43 Å². The van der Waals surface area contributed by atoms with Gasteiger partial charge in [0.05, 0.1) is 29.2 Å². The van der Waals surface area contributed by atoms with E-state index in [4.69, 9.17) is 0 Å². The van der Waals surface area contributed by atoms with E-state index in [1.807, 2.05) is 19.9 Å². The maximum atomic E-state index is 12.9. The van der Waals surface area contributed by atoms with Crippen molar-refractivity contribution in [2.24, 2.45) is 0 Å². The largest absolute Gasteiger partial charge is 0.478 e. The van der Waals surface area contributed by atoms with Crippen LogP contribution in [0, 0.1) is 0 Å². The molecule has 0 aliphatic heterocycles. The number of aromatic carboxylic acids is 1. The average molecular weight is 368 g/mol. The van der Waals surface area contributed by atoms with Crippen molar-refractivity contribution in [2.45, 2.75) is 26.5 Å². The van der Waals surface area contributed by atoms with Crippen molar-refractivity contribution in [3.05, 3.63) is 58.3 Å². The van der Waals surface area contributed by atoms with Gasteiger partial charge in [-0.25, -0.2) is 4.79 Å². The molecule has 0 aliphatic carbocycles. The number of hydrogen-bond acceptors (Lipinski definition) is 4. The van der Waals surface area contributed by atoms with Crippen LogP contribution >= 0.6 is 0 Å². The van der Waals surface area contributed by atoms with Crippen molar-refractivity contribution >= 4 is 27.8 Å². The zero-order chi connectivity index (χ0) is 19.6. The van der Waals surface area contributed by atoms with Gasteiger partial charge in [-0.05, 0) is 37.4 Å². The molecule has 1 aromatic heterocycles. The van der Waals surface area contributed by atoms with E-state index in [1.165, 1.54) is 6.07 Å². The lowest BCUT2D eigenvalue weighted by atomic mass is 10.0. The first kappa shape index (κ1) is 19.1. The summed E-state index contributed by atoms with van der Waals surface area (Å²) in [6, 6.07) is 11.8. The minimum Gasteiger partial charge on any atom is -0.478 e. The molecule has 0 saturated heterocycles. The Bertz CT molecular complexity index is 1040. The topological polar surface area (TPSA) is 82.8 Å². The standard InChI is InChI=1S/C21H24N2O4/c1-3-22(4-2)12-14(24)13-23-18-11-6-5-8-15(18)20(25)16-9-7-10-17(19(16)23)21(26)27/h5-11,14,24H,3-4,12-13H2,1-2H3,(H,26,27). The quantitative estimate of drug-likeness (QED) is 0.626. The van der Waals surface area contributed by atoms with Gasteiger partial charge in [-0.15, -0.1) is 0 Å². The molecule has 0 aliphatic rings. The first-order valence-electron chi connectivity index (χ1n) is 9.15. The molecule has 1 atom stereocenters. The summed E-state index contributed by atoms with van der Waals surface area (Å²) in [7, 11) is 0. The lowest BCUT2D eigenvalue weighted by molar-refractivity contribution is 0.0697. The Morgan fingerprint density at radius 2 is 1.74 bits per heavy atom. The van der Waals surface area contributed by atoms with Gasteiger partial charge >= 0.3 is 5.97 Å². The zero-order valence-electron chi connectivity index (χ0n) is 15.6. The molecule has 0 saturated carbocycles. The molecule has 2 N–H and O–H groups in total. The second kappa shape index (κ2) is 7.90. The highest BCUT2D eigenvalue weighted by Crippen LogP contribution is 2.23. The highest BCUT2D eigenvalue weighted by molar-refractivity contribution is 6.05. The molecule has 0 radical (unpaired) electrons. The number of carboxylic acids is 1. The van der Waals surface area contributed by atoms with Gasteiger partial charge in [0, 0.05) is 17.3 Å². The number of aromatic nitrogens is 1. The molecule has 142 valence electrons. The summed E-state index contributed by atoms with van der Waals surface area (Å²) in [5, 5.41) is 21.2. The van der Waals surface area contributed by atoms with Crippen LogP contribution in [-0.2, 0) is 6.54 Å². The number of aliphatic hydroxyl groups is 1. The molecule has 3 aromatic rings. The van der Waals surface area contributed by atoms with Gasteiger partial charge in [-0.2, -0.15) is 0 Å². The molecule has 1 heterocycles. The highest BCUT2D eigenvalue weighted by Gasteiger charge is 2.19. The van der Waals surface area contributed by atoms with Crippen LogP contribution in [0.15, 0.2) is 47.3 Å². The Hall–Kier alpha value is -2.70. The van der Waals surface area contributed by atoms with Crippen LogP contribution in [0.25, 0.3) is 21.8 Å². The SMILES string of the molecule is CCN(CC)CC(O)Cn1c2ccccc2c(=O)c2cccc(C(=O)O)c21. The lowest BCUT2D eigenvalue weighted by Gasteiger charge is -2.24. The van der Waals surface area contributed by atoms with E-state index in [0.717, 1.165) is 13.1 Å². The molecule has 3 rings (SSSR count). The Kier molecular flexibility index (Phi) is 5.58. The summed E-state index contributed by atoms with van der Waals surface area (Å²) in [5.41, 5.74) is 0.846.